The van der Waals surface area contributed by atoms with Gasteiger partial charge in [-0.1, -0.05) is 42.5 Å². The van der Waals surface area contributed by atoms with Crippen molar-refractivity contribution in [3.8, 4) is 0 Å². The average molecular weight is 305 g/mol. The number of hydrogen-bond donors (Lipinski definition) is 1. The highest BCUT2D eigenvalue weighted by Gasteiger charge is 2.29. The van der Waals surface area contributed by atoms with Crippen molar-refractivity contribution in [3.05, 3.63) is 66.0 Å². The van der Waals surface area contributed by atoms with Gasteiger partial charge in [0.2, 0.25) is 0 Å². The van der Waals surface area contributed by atoms with Crippen LogP contribution < -0.4 is 5.32 Å². The molecule has 0 spiro atoms. The van der Waals surface area contributed by atoms with E-state index < -0.39 is 0 Å². The van der Waals surface area contributed by atoms with Crippen molar-refractivity contribution in [1.29, 1.82) is 0 Å². The first-order chi connectivity index (χ1) is 11.3. The first kappa shape index (κ1) is 14.5. The smallest absolute Gasteiger partial charge is 0.106 e. The lowest BCUT2D eigenvalue weighted by Gasteiger charge is -2.36. The number of nitrogens with one attached hydrogen (secondary N) is 1. The summed E-state index contributed by atoms with van der Waals surface area (Å²) in [7, 11) is 0. The Bertz CT molecular complexity index is 785. The van der Waals surface area contributed by atoms with E-state index in [0.717, 1.165) is 30.3 Å². The number of hydrogen-bond acceptors (Lipinski definition) is 2. The Labute approximate surface area is 137 Å². The molecular formula is C20H23N3. The normalized spacial score (nSPS) is 20.6. The van der Waals surface area contributed by atoms with E-state index in [1.807, 2.05) is 0 Å². The van der Waals surface area contributed by atoms with Crippen molar-refractivity contribution in [1.82, 2.24) is 14.9 Å². The van der Waals surface area contributed by atoms with Crippen LogP contribution in [0.1, 0.15) is 30.1 Å². The number of para-hydroxylation sites is 2. The van der Waals surface area contributed by atoms with Crippen LogP contribution in [0, 0.1) is 6.92 Å². The van der Waals surface area contributed by atoms with Gasteiger partial charge in [-0.2, -0.15) is 0 Å². The molecule has 1 fully saturated rings. The fourth-order valence-corrected chi connectivity index (χ4v) is 3.64. The van der Waals surface area contributed by atoms with Crippen LogP contribution in [-0.2, 0) is 6.54 Å². The van der Waals surface area contributed by atoms with Gasteiger partial charge in [-0.05, 0) is 43.4 Å². The molecule has 1 aromatic heterocycles. The van der Waals surface area contributed by atoms with Gasteiger partial charge in [0, 0.05) is 19.1 Å². The topological polar surface area (TPSA) is 29.9 Å². The highest BCUT2D eigenvalue weighted by molar-refractivity contribution is 5.75. The molecule has 0 radical (unpaired) electrons. The molecule has 1 aliphatic carbocycles. The maximum atomic E-state index is 4.63. The SMILES string of the molecule is Cc1nc2ccccc2n1CCNC1CC(c2ccccc2)C1. The monoisotopic (exact) mass is 305 g/mol. The number of aryl methyl sites for hydroxylation is 1. The maximum Gasteiger partial charge on any atom is 0.106 e. The van der Waals surface area contributed by atoms with E-state index in [2.05, 4.69) is 76.4 Å². The third-order valence-electron chi connectivity index (χ3n) is 5.02. The van der Waals surface area contributed by atoms with E-state index in [1.54, 1.807) is 0 Å². The molecule has 3 nitrogen and oxygen atoms in total. The number of rotatable bonds is 5. The zero-order valence-corrected chi connectivity index (χ0v) is 13.6. The second-order valence-electron chi connectivity index (χ2n) is 6.53. The van der Waals surface area contributed by atoms with Gasteiger partial charge in [-0.3, -0.25) is 0 Å². The fraction of sp³-hybridized carbons (Fsp3) is 0.350. The molecule has 2 aromatic carbocycles. The highest BCUT2D eigenvalue weighted by Crippen LogP contribution is 2.36. The van der Waals surface area contributed by atoms with E-state index in [0.29, 0.717) is 6.04 Å². The predicted molar refractivity (Wildman–Crippen MR) is 94.7 cm³/mol. The summed E-state index contributed by atoms with van der Waals surface area (Å²) in [6.45, 7) is 4.08. The van der Waals surface area contributed by atoms with Gasteiger partial charge in [-0.25, -0.2) is 4.98 Å². The lowest BCUT2D eigenvalue weighted by atomic mass is 9.76. The van der Waals surface area contributed by atoms with Gasteiger partial charge in [0.05, 0.1) is 11.0 Å². The van der Waals surface area contributed by atoms with Crippen LogP contribution in [0.3, 0.4) is 0 Å². The van der Waals surface area contributed by atoms with Crippen molar-refractivity contribution in [2.45, 2.75) is 38.3 Å². The zero-order chi connectivity index (χ0) is 15.6. The molecule has 3 heteroatoms. The Hall–Kier alpha value is -2.13. The first-order valence-electron chi connectivity index (χ1n) is 8.51. The van der Waals surface area contributed by atoms with Crippen LogP contribution in [0.15, 0.2) is 54.6 Å². The van der Waals surface area contributed by atoms with E-state index in [-0.39, 0.29) is 0 Å². The van der Waals surface area contributed by atoms with Crippen LogP contribution in [0.2, 0.25) is 0 Å². The second-order valence-corrected chi connectivity index (χ2v) is 6.53. The van der Waals surface area contributed by atoms with Crippen LogP contribution in [0.5, 0.6) is 0 Å². The molecule has 1 heterocycles. The van der Waals surface area contributed by atoms with Crippen LogP contribution in [-0.4, -0.2) is 22.1 Å². The third-order valence-corrected chi connectivity index (χ3v) is 5.02. The molecule has 4 rings (SSSR count). The minimum Gasteiger partial charge on any atom is -0.327 e. The number of nitrogens with zero attached hydrogens (tertiary/aromatic N) is 2. The minimum absolute atomic E-state index is 0.662. The van der Waals surface area contributed by atoms with Gasteiger partial charge in [0.1, 0.15) is 5.82 Å². The van der Waals surface area contributed by atoms with E-state index in [1.165, 1.54) is 23.9 Å². The summed E-state index contributed by atoms with van der Waals surface area (Å²) in [5, 5.41) is 3.70. The third kappa shape index (κ3) is 2.89. The summed E-state index contributed by atoms with van der Waals surface area (Å²) in [5.74, 6) is 1.84. The highest BCUT2D eigenvalue weighted by atomic mass is 15.1. The molecule has 0 saturated heterocycles. The van der Waals surface area contributed by atoms with E-state index in [4.69, 9.17) is 0 Å². The van der Waals surface area contributed by atoms with E-state index in [9.17, 15) is 0 Å². The quantitative estimate of drug-likeness (QED) is 0.775. The van der Waals surface area contributed by atoms with Crippen LogP contribution in [0.25, 0.3) is 11.0 Å². The van der Waals surface area contributed by atoms with Gasteiger partial charge in [-0.15, -0.1) is 0 Å². The number of fused-ring (bicyclic) bond motifs is 1. The van der Waals surface area contributed by atoms with Crippen LogP contribution in [0.4, 0.5) is 0 Å². The maximum absolute atomic E-state index is 4.63. The van der Waals surface area contributed by atoms with Gasteiger partial charge in [0.25, 0.3) is 0 Å². The zero-order valence-electron chi connectivity index (χ0n) is 13.6. The molecule has 0 amide bonds. The molecule has 0 bridgehead atoms. The van der Waals surface area contributed by atoms with Gasteiger partial charge >= 0.3 is 0 Å². The Kier molecular flexibility index (Phi) is 3.88. The largest absolute Gasteiger partial charge is 0.327 e. The Morgan fingerprint density at radius 2 is 1.78 bits per heavy atom. The standard InChI is InChI=1S/C20H23N3/c1-15-22-19-9-5-6-10-20(19)23(15)12-11-21-18-13-17(14-18)16-7-3-2-4-8-16/h2-10,17-18,21H,11-14H2,1H3. The molecule has 118 valence electrons. The molecule has 1 aliphatic rings. The van der Waals surface area contributed by atoms with Crippen molar-refractivity contribution >= 4 is 11.0 Å². The summed E-state index contributed by atoms with van der Waals surface area (Å²) in [6.07, 6.45) is 2.52. The first-order valence-corrected chi connectivity index (χ1v) is 8.51. The Balaban J connectivity index is 1.30. The Morgan fingerprint density at radius 1 is 1.04 bits per heavy atom. The minimum atomic E-state index is 0.662. The molecule has 1 N–H and O–H groups in total. The summed E-state index contributed by atoms with van der Waals surface area (Å²) in [6, 6.07) is 19.9. The van der Waals surface area contributed by atoms with E-state index >= 15 is 0 Å². The molecule has 0 unspecified atom stereocenters. The lowest BCUT2D eigenvalue weighted by Crippen LogP contribution is -2.41. The summed E-state index contributed by atoms with van der Waals surface area (Å²) >= 11 is 0. The van der Waals surface area contributed by atoms with Gasteiger partial charge in [0.15, 0.2) is 0 Å². The van der Waals surface area contributed by atoms with Crippen molar-refractivity contribution in [2.24, 2.45) is 0 Å². The summed E-state index contributed by atoms with van der Waals surface area (Å²) in [4.78, 5) is 4.63. The van der Waals surface area contributed by atoms with Gasteiger partial charge < -0.3 is 9.88 Å². The Morgan fingerprint density at radius 3 is 2.61 bits per heavy atom. The summed E-state index contributed by atoms with van der Waals surface area (Å²) in [5.41, 5.74) is 3.82. The average Bonchev–Trinajstić information content (AvgIpc) is 2.86. The molecule has 3 aromatic rings. The molecule has 0 aliphatic heterocycles. The number of imidazole rings is 1. The lowest BCUT2D eigenvalue weighted by molar-refractivity contribution is 0.288. The molecule has 0 atom stereocenters. The molecular weight excluding hydrogens is 282 g/mol. The van der Waals surface area contributed by atoms with Crippen molar-refractivity contribution in [2.75, 3.05) is 6.54 Å². The van der Waals surface area contributed by atoms with Crippen molar-refractivity contribution in [3.63, 3.8) is 0 Å². The molecule has 1 saturated carbocycles. The van der Waals surface area contributed by atoms with Crippen molar-refractivity contribution < 1.29 is 0 Å². The predicted octanol–water partition coefficient (Wildman–Crippen LogP) is 3.88. The van der Waals surface area contributed by atoms with Crippen LogP contribution >= 0.6 is 0 Å². The fourth-order valence-electron chi connectivity index (χ4n) is 3.64. The second kappa shape index (κ2) is 6.17. The number of aromatic nitrogens is 2. The molecule has 23 heavy (non-hydrogen) atoms. The number of benzene rings is 2. The summed E-state index contributed by atoms with van der Waals surface area (Å²) < 4.78 is 2.32.